The maximum Gasteiger partial charge on any atom is 0.338 e. The van der Waals surface area contributed by atoms with Gasteiger partial charge in [-0.15, -0.1) is 0 Å². The van der Waals surface area contributed by atoms with Gasteiger partial charge in [0.05, 0.1) is 0 Å². The number of esters is 1. The van der Waals surface area contributed by atoms with E-state index >= 15 is 0 Å². The van der Waals surface area contributed by atoms with Crippen molar-refractivity contribution in [2.45, 2.75) is 12.7 Å². The fraction of sp³-hybridized carbons (Fsp3) is 0.125. The molecule has 37 heavy (non-hydrogen) atoms. The molecule has 0 spiro atoms. The summed E-state index contributed by atoms with van der Waals surface area (Å²) < 4.78 is 16.4. The summed E-state index contributed by atoms with van der Waals surface area (Å²) in [7, 11) is 2.93. The molecule has 0 aliphatic heterocycles. The number of Topliss-reactive ketones (excluding diaryl/α,β-unsaturated/α-hetero) is 1. The summed E-state index contributed by atoms with van der Waals surface area (Å²) in [5, 5.41) is 0. The number of hydrogen-bond acceptors (Lipinski definition) is 5. The van der Waals surface area contributed by atoms with Crippen LogP contribution in [0.5, 0.6) is 5.75 Å². The van der Waals surface area contributed by atoms with Crippen molar-refractivity contribution < 1.29 is 23.8 Å². The minimum absolute atomic E-state index is 0.275. The zero-order valence-corrected chi connectivity index (χ0v) is 21.1. The van der Waals surface area contributed by atoms with E-state index < -0.39 is 11.8 Å². The first kappa shape index (κ1) is 25.8. The molecule has 0 aliphatic rings. The third kappa shape index (κ3) is 5.43. The Labute approximate surface area is 216 Å². The molecule has 0 amide bonds. The standard InChI is InChI=1S/C32H28O5/c1-22(2)31(34)37-29-20-18-26(19-21-29)24-12-10-23(11-13-24)25-14-16-27(17-15-25)30(33)32(35-3,36-4)28-8-6-5-7-9-28/h5-21H,1H2,2-4H3. The lowest BCUT2D eigenvalue weighted by atomic mass is 9.94. The second-order valence-corrected chi connectivity index (χ2v) is 8.57. The molecule has 0 fully saturated rings. The van der Waals surface area contributed by atoms with Crippen LogP contribution in [-0.4, -0.2) is 26.0 Å². The molecule has 4 aromatic carbocycles. The van der Waals surface area contributed by atoms with E-state index in [-0.39, 0.29) is 5.78 Å². The largest absolute Gasteiger partial charge is 0.423 e. The van der Waals surface area contributed by atoms with Gasteiger partial charge in [-0.2, -0.15) is 0 Å². The number of hydrogen-bond donors (Lipinski definition) is 0. The average Bonchev–Trinajstić information content (AvgIpc) is 2.95. The molecule has 5 heteroatoms. The number of benzene rings is 4. The summed E-state index contributed by atoms with van der Waals surface area (Å²) in [5.41, 5.74) is 5.49. The Kier molecular flexibility index (Phi) is 7.77. The van der Waals surface area contributed by atoms with Crippen LogP contribution in [-0.2, 0) is 20.1 Å². The second-order valence-electron chi connectivity index (χ2n) is 8.57. The zero-order chi connectivity index (χ0) is 26.4. The van der Waals surface area contributed by atoms with Crippen LogP contribution in [0, 0.1) is 0 Å². The molecule has 0 atom stereocenters. The molecule has 4 rings (SSSR count). The van der Waals surface area contributed by atoms with Gasteiger partial charge in [0.1, 0.15) is 5.75 Å². The van der Waals surface area contributed by atoms with Gasteiger partial charge in [-0.05, 0) is 41.3 Å². The number of ether oxygens (including phenoxy) is 3. The lowest BCUT2D eigenvalue weighted by Gasteiger charge is -2.29. The van der Waals surface area contributed by atoms with Crippen LogP contribution in [0.25, 0.3) is 22.3 Å². The fourth-order valence-corrected chi connectivity index (χ4v) is 4.06. The van der Waals surface area contributed by atoms with Crippen molar-refractivity contribution in [3.63, 3.8) is 0 Å². The lowest BCUT2D eigenvalue weighted by molar-refractivity contribution is -0.176. The van der Waals surface area contributed by atoms with E-state index in [9.17, 15) is 9.59 Å². The predicted octanol–water partition coefficient (Wildman–Crippen LogP) is 6.83. The van der Waals surface area contributed by atoms with Crippen LogP contribution in [0.15, 0.2) is 115 Å². The number of methoxy groups -OCH3 is 2. The maximum atomic E-state index is 13.4. The fourth-order valence-electron chi connectivity index (χ4n) is 4.06. The Morgan fingerprint density at radius 3 is 1.51 bits per heavy atom. The Morgan fingerprint density at radius 1 is 0.649 bits per heavy atom. The average molecular weight is 493 g/mol. The summed E-state index contributed by atoms with van der Waals surface area (Å²) in [5.74, 6) is -1.76. The molecule has 0 aromatic heterocycles. The van der Waals surface area contributed by atoms with E-state index in [4.69, 9.17) is 14.2 Å². The Hall–Kier alpha value is -4.32. The van der Waals surface area contributed by atoms with Crippen LogP contribution >= 0.6 is 0 Å². The smallest absolute Gasteiger partial charge is 0.338 e. The van der Waals surface area contributed by atoms with E-state index in [1.807, 2.05) is 78.9 Å². The minimum atomic E-state index is -1.51. The molecular formula is C32H28O5. The van der Waals surface area contributed by atoms with Gasteiger partial charge >= 0.3 is 5.97 Å². The van der Waals surface area contributed by atoms with Crippen LogP contribution in [0.4, 0.5) is 0 Å². The molecule has 0 N–H and O–H groups in total. The van der Waals surface area contributed by atoms with Gasteiger partial charge in [0.15, 0.2) is 0 Å². The molecule has 0 aliphatic carbocycles. The Morgan fingerprint density at radius 2 is 1.08 bits per heavy atom. The van der Waals surface area contributed by atoms with Gasteiger partial charge in [-0.25, -0.2) is 4.79 Å². The first-order valence-corrected chi connectivity index (χ1v) is 11.8. The Balaban J connectivity index is 1.51. The molecule has 5 nitrogen and oxygen atoms in total. The monoisotopic (exact) mass is 492 g/mol. The highest BCUT2D eigenvalue weighted by Gasteiger charge is 2.41. The number of rotatable bonds is 9. The van der Waals surface area contributed by atoms with Crippen LogP contribution in [0.2, 0.25) is 0 Å². The van der Waals surface area contributed by atoms with Gasteiger partial charge in [-0.1, -0.05) is 97.6 Å². The van der Waals surface area contributed by atoms with Crippen LogP contribution in [0.1, 0.15) is 22.8 Å². The van der Waals surface area contributed by atoms with Crippen molar-refractivity contribution in [1.82, 2.24) is 0 Å². The minimum Gasteiger partial charge on any atom is -0.423 e. The van der Waals surface area contributed by atoms with E-state index in [1.54, 1.807) is 31.2 Å². The van der Waals surface area contributed by atoms with Crippen molar-refractivity contribution in [3.8, 4) is 28.0 Å². The summed E-state index contributed by atoms with van der Waals surface area (Å²) in [6, 6.07) is 32.0. The predicted molar refractivity (Wildman–Crippen MR) is 144 cm³/mol. The van der Waals surface area contributed by atoms with Gasteiger partial charge in [0.2, 0.25) is 5.78 Å². The highest BCUT2D eigenvalue weighted by atomic mass is 16.7. The molecule has 0 heterocycles. The molecule has 0 unspecified atom stereocenters. The first-order valence-electron chi connectivity index (χ1n) is 11.8. The summed E-state index contributed by atoms with van der Waals surface area (Å²) >= 11 is 0. The molecular weight excluding hydrogens is 464 g/mol. The number of carbonyl (C=O) groups is 2. The number of ketones is 1. The van der Waals surface area contributed by atoms with E-state index in [0.29, 0.717) is 22.4 Å². The summed E-state index contributed by atoms with van der Waals surface area (Å²) in [6.07, 6.45) is 0. The highest BCUT2D eigenvalue weighted by molar-refractivity contribution is 6.02. The van der Waals surface area contributed by atoms with Gasteiger partial charge < -0.3 is 14.2 Å². The van der Waals surface area contributed by atoms with E-state index in [2.05, 4.69) is 6.58 Å². The molecule has 0 saturated heterocycles. The normalized spacial score (nSPS) is 11.1. The first-order chi connectivity index (χ1) is 17.9. The highest BCUT2D eigenvalue weighted by Crippen LogP contribution is 2.32. The van der Waals surface area contributed by atoms with Gasteiger partial charge in [0.25, 0.3) is 5.79 Å². The van der Waals surface area contributed by atoms with Crippen LogP contribution < -0.4 is 4.74 Å². The third-order valence-electron chi connectivity index (χ3n) is 6.14. The van der Waals surface area contributed by atoms with E-state index in [1.165, 1.54) is 14.2 Å². The van der Waals surface area contributed by atoms with Crippen LogP contribution in [0.3, 0.4) is 0 Å². The van der Waals surface area contributed by atoms with Crippen molar-refractivity contribution in [2.24, 2.45) is 0 Å². The van der Waals surface area contributed by atoms with Gasteiger partial charge in [-0.3, -0.25) is 4.79 Å². The van der Waals surface area contributed by atoms with Crippen molar-refractivity contribution in [3.05, 3.63) is 126 Å². The Bertz CT molecular complexity index is 1380. The SMILES string of the molecule is C=C(C)C(=O)Oc1ccc(-c2ccc(-c3ccc(C(=O)C(OC)(OC)c4ccccc4)cc3)cc2)cc1. The topological polar surface area (TPSA) is 61.8 Å². The molecule has 0 bridgehead atoms. The maximum absolute atomic E-state index is 13.4. The van der Waals surface area contributed by atoms with Crippen molar-refractivity contribution in [2.75, 3.05) is 14.2 Å². The van der Waals surface area contributed by atoms with Crippen molar-refractivity contribution >= 4 is 11.8 Å². The molecule has 0 saturated carbocycles. The van der Waals surface area contributed by atoms with E-state index in [0.717, 1.165) is 22.3 Å². The summed E-state index contributed by atoms with van der Waals surface area (Å²) in [4.78, 5) is 25.1. The molecule has 186 valence electrons. The molecule has 0 radical (unpaired) electrons. The van der Waals surface area contributed by atoms with Gasteiger partial charge in [0, 0.05) is 30.9 Å². The quantitative estimate of drug-likeness (QED) is 0.0842. The second kappa shape index (κ2) is 11.2. The lowest BCUT2D eigenvalue weighted by Crippen LogP contribution is -2.39. The zero-order valence-electron chi connectivity index (χ0n) is 21.1. The third-order valence-corrected chi connectivity index (χ3v) is 6.14. The molecule has 4 aromatic rings. The number of carbonyl (C=O) groups excluding carboxylic acids is 2. The summed E-state index contributed by atoms with van der Waals surface area (Å²) in [6.45, 7) is 5.20. The van der Waals surface area contributed by atoms with Crippen molar-refractivity contribution in [1.29, 1.82) is 0 Å².